The maximum absolute atomic E-state index is 11.4. The van der Waals surface area contributed by atoms with Crippen molar-refractivity contribution in [3.8, 4) is 0 Å². The molecule has 0 spiro atoms. The summed E-state index contributed by atoms with van der Waals surface area (Å²) < 4.78 is 0. The van der Waals surface area contributed by atoms with Crippen LogP contribution in [0.2, 0.25) is 0 Å². The van der Waals surface area contributed by atoms with Gasteiger partial charge in [-0.1, -0.05) is 0 Å². The number of ketones is 1. The third-order valence-corrected chi connectivity index (χ3v) is 4.68. The number of hydrogen-bond acceptors (Lipinski definition) is 4. The summed E-state index contributed by atoms with van der Waals surface area (Å²) in [6, 6.07) is 11.1. The van der Waals surface area contributed by atoms with E-state index < -0.39 is 0 Å². The molecule has 4 nitrogen and oxygen atoms in total. The quantitative estimate of drug-likeness (QED) is 0.569. The predicted molar refractivity (Wildman–Crippen MR) is 94.8 cm³/mol. The van der Waals surface area contributed by atoms with Crippen molar-refractivity contribution in [1.29, 1.82) is 0 Å². The van der Waals surface area contributed by atoms with Crippen LogP contribution in [0.3, 0.4) is 0 Å². The molecule has 1 radical (unpaired) electrons. The molecule has 1 unspecified atom stereocenters. The van der Waals surface area contributed by atoms with Gasteiger partial charge in [-0.3, -0.25) is 4.79 Å². The van der Waals surface area contributed by atoms with E-state index in [0.29, 0.717) is 18.1 Å². The summed E-state index contributed by atoms with van der Waals surface area (Å²) in [5, 5.41) is 9.53. The summed E-state index contributed by atoms with van der Waals surface area (Å²) in [4.78, 5) is 15.4. The van der Waals surface area contributed by atoms with Crippen LogP contribution >= 0.6 is 0 Å². The SMILES string of the molecule is CN1C=CN(c2[c-]cccc2)[CH-]1.O=C1CCCC2CCCC(O)=C12.[Ir]. The summed E-state index contributed by atoms with van der Waals surface area (Å²) >= 11 is 0. The van der Waals surface area contributed by atoms with Crippen molar-refractivity contribution in [3.05, 3.63) is 60.7 Å². The van der Waals surface area contributed by atoms with Gasteiger partial charge in [0.25, 0.3) is 0 Å². The topological polar surface area (TPSA) is 43.8 Å². The van der Waals surface area contributed by atoms with Crippen LogP contribution in [-0.4, -0.2) is 22.8 Å². The minimum atomic E-state index is 0. The normalized spacial score (nSPS) is 22.1. The van der Waals surface area contributed by atoms with Crippen LogP contribution in [0, 0.1) is 18.7 Å². The molecule has 25 heavy (non-hydrogen) atoms. The maximum atomic E-state index is 11.4. The molecule has 1 aromatic rings. The molecule has 0 amide bonds. The van der Waals surface area contributed by atoms with E-state index in [-0.39, 0.29) is 25.9 Å². The Labute approximate surface area is 163 Å². The molecule has 1 atom stereocenters. The molecular formula is C20H24IrN2O2-2. The summed E-state index contributed by atoms with van der Waals surface area (Å²) in [7, 11) is 2.00. The van der Waals surface area contributed by atoms with Gasteiger partial charge >= 0.3 is 0 Å². The van der Waals surface area contributed by atoms with Gasteiger partial charge in [0, 0.05) is 38.5 Å². The number of rotatable bonds is 1. The Hall–Kier alpha value is -1.58. The van der Waals surface area contributed by atoms with E-state index in [0.717, 1.165) is 43.4 Å². The van der Waals surface area contributed by atoms with Gasteiger partial charge in [-0.25, -0.2) is 0 Å². The van der Waals surface area contributed by atoms with Crippen molar-refractivity contribution in [2.24, 2.45) is 5.92 Å². The molecule has 1 heterocycles. The third kappa shape index (κ3) is 4.96. The van der Waals surface area contributed by atoms with Gasteiger partial charge in [0.1, 0.15) is 0 Å². The van der Waals surface area contributed by atoms with Crippen molar-refractivity contribution in [2.75, 3.05) is 11.9 Å². The van der Waals surface area contributed by atoms with Gasteiger partial charge in [0.05, 0.1) is 5.76 Å². The number of aliphatic hydroxyl groups is 1. The number of allylic oxidation sites excluding steroid dienone is 2. The van der Waals surface area contributed by atoms with Crippen molar-refractivity contribution in [2.45, 2.75) is 38.5 Å². The predicted octanol–water partition coefficient (Wildman–Crippen LogP) is 4.18. The number of aliphatic hydroxyl groups excluding tert-OH is 1. The second kappa shape index (κ2) is 9.21. The Morgan fingerprint density at radius 1 is 1.20 bits per heavy atom. The molecule has 0 saturated heterocycles. The Kier molecular flexibility index (Phi) is 7.27. The van der Waals surface area contributed by atoms with Crippen molar-refractivity contribution < 1.29 is 30.0 Å². The number of fused-ring (bicyclic) bond motifs is 1. The number of hydrogen-bond donors (Lipinski definition) is 1. The van der Waals surface area contributed by atoms with E-state index in [4.69, 9.17) is 0 Å². The molecule has 1 N–H and O–H groups in total. The number of anilines is 1. The van der Waals surface area contributed by atoms with Crippen molar-refractivity contribution >= 4 is 11.5 Å². The standard InChI is InChI=1S/C10H10N2.C10H14O2.Ir/c1-11-7-8-12(9-11)10-5-3-2-4-6-10;11-8-5-1-3-7-4-2-6-9(12)10(7)8;/h2-5,7-9H,1H3;7,11H,1-6H2;/q-2;;. The molecule has 1 saturated carbocycles. The second-order valence-corrected chi connectivity index (χ2v) is 6.50. The zero-order chi connectivity index (χ0) is 16.9. The summed E-state index contributed by atoms with van der Waals surface area (Å²) in [6.07, 6.45) is 9.64. The van der Waals surface area contributed by atoms with Gasteiger partial charge in [0.15, 0.2) is 5.78 Å². The van der Waals surface area contributed by atoms with Crippen LogP contribution in [-0.2, 0) is 24.9 Å². The number of para-hydroxylation sites is 1. The Morgan fingerprint density at radius 2 is 1.96 bits per heavy atom. The molecule has 1 aromatic carbocycles. The second-order valence-electron chi connectivity index (χ2n) is 6.50. The molecule has 0 aromatic heterocycles. The Morgan fingerprint density at radius 3 is 2.56 bits per heavy atom. The molecule has 5 heteroatoms. The number of benzene rings is 1. The minimum absolute atomic E-state index is 0. The molecule has 2 aliphatic carbocycles. The first-order chi connectivity index (χ1) is 11.6. The van der Waals surface area contributed by atoms with Gasteiger partial charge < -0.3 is 14.9 Å². The first-order valence-electron chi connectivity index (χ1n) is 8.60. The average Bonchev–Trinajstić information content (AvgIpc) is 3.03. The minimum Gasteiger partial charge on any atom is -0.512 e. The average molecular weight is 517 g/mol. The van der Waals surface area contributed by atoms with E-state index in [9.17, 15) is 9.90 Å². The van der Waals surface area contributed by atoms with Crippen LogP contribution in [0.1, 0.15) is 38.5 Å². The van der Waals surface area contributed by atoms with E-state index in [1.165, 1.54) is 0 Å². The molecular weight excluding hydrogens is 492 g/mol. The number of carbonyl (C=O) groups is 1. The number of carbonyl (C=O) groups excluding carboxylic acids is 1. The van der Waals surface area contributed by atoms with Crippen LogP contribution < -0.4 is 4.90 Å². The molecule has 137 valence electrons. The summed E-state index contributed by atoms with van der Waals surface area (Å²) in [5.41, 5.74) is 1.84. The number of Topliss-reactive ketones (excluding diaryl/α,β-unsaturated/α-hetero) is 1. The van der Waals surface area contributed by atoms with Gasteiger partial charge in [-0.05, 0) is 51.0 Å². The van der Waals surface area contributed by atoms with Gasteiger partial charge in [-0.15, -0.1) is 5.69 Å². The molecule has 1 aliphatic heterocycles. The number of nitrogens with zero attached hydrogens (tertiary/aromatic N) is 2. The van der Waals surface area contributed by atoms with Crippen LogP contribution in [0.5, 0.6) is 0 Å². The third-order valence-electron chi connectivity index (χ3n) is 4.68. The Balaban J connectivity index is 0.000000173. The van der Waals surface area contributed by atoms with Crippen LogP contribution in [0.4, 0.5) is 5.69 Å². The monoisotopic (exact) mass is 517 g/mol. The van der Waals surface area contributed by atoms with Crippen molar-refractivity contribution in [1.82, 2.24) is 4.90 Å². The largest absolute Gasteiger partial charge is 0.512 e. The fraction of sp³-hybridized carbons (Fsp3) is 0.400. The smallest absolute Gasteiger partial charge is 0.162 e. The summed E-state index contributed by atoms with van der Waals surface area (Å²) in [6.45, 7) is 2.01. The van der Waals surface area contributed by atoms with Crippen LogP contribution in [0.15, 0.2) is 48.0 Å². The fourth-order valence-corrected chi connectivity index (χ4v) is 3.49. The van der Waals surface area contributed by atoms with E-state index >= 15 is 0 Å². The molecule has 4 rings (SSSR count). The molecule has 1 fully saturated rings. The van der Waals surface area contributed by atoms with Gasteiger partial charge in [-0.2, -0.15) is 37.0 Å². The summed E-state index contributed by atoms with van der Waals surface area (Å²) in [5.74, 6) is 0.972. The fourth-order valence-electron chi connectivity index (χ4n) is 3.49. The molecule has 0 bridgehead atoms. The molecule has 3 aliphatic rings. The van der Waals surface area contributed by atoms with E-state index in [1.807, 2.05) is 60.2 Å². The van der Waals surface area contributed by atoms with E-state index in [1.54, 1.807) is 0 Å². The zero-order valence-electron chi connectivity index (χ0n) is 14.4. The van der Waals surface area contributed by atoms with Crippen LogP contribution in [0.25, 0.3) is 0 Å². The maximum Gasteiger partial charge on any atom is 0.162 e. The van der Waals surface area contributed by atoms with Crippen molar-refractivity contribution in [3.63, 3.8) is 0 Å². The first-order valence-corrected chi connectivity index (χ1v) is 8.60. The van der Waals surface area contributed by atoms with E-state index in [2.05, 4.69) is 6.07 Å². The zero-order valence-corrected chi connectivity index (χ0v) is 16.8. The van der Waals surface area contributed by atoms with Gasteiger partial charge in [0.2, 0.25) is 0 Å². The first kappa shape index (κ1) is 19.7. The Bertz CT molecular complexity index is 642.